The molecule has 1 atom stereocenters. The van der Waals surface area contributed by atoms with Crippen LogP contribution >= 0.6 is 0 Å². The smallest absolute Gasteiger partial charge is 0.0291 e. The predicted octanol–water partition coefficient (Wildman–Crippen LogP) is 4.08. The fraction of sp³-hybridized carbons (Fsp3) is 0.684. The molecule has 1 aliphatic heterocycles. The van der Waals surface area contributed by atoms with Gasteiger partial charge in [-0.2, -0.15) is 0 Å². The Labute approximate surface area is 130 Å². The van der Waals surface area contributed by atoms with Crippen LogP contribution in [0.1, 0.15) is 55.8 Å². The van der Waals surface area contributed by atoms with Gasteiger partial charge in [0, 0.05) is 6.04 Å². The zero-order valence-corrected chi connectivity index (χ0v) is 14.3. The van der Waals surface area contributed by atoms with E-state index in [1.165, 1.54) is 55.6 Å². The second kappa shape index (κ2) is 7.95. The lowest BCUT2D eigenvalue weighted by Crippen LogP contribution is -2.35. The minimum atomic E-state index is 0.450. The average molecular weight is 288 g/mol. The van der Waals surface area contributed by atoms with Gasteiger partial charge in [0.2, 0.25) is 0 Å². The maximum Gasteiger partial charge on any atom is 0.0291 e. The topological polar surface area (TPSA) is 15.3 Å². The van der Waals surface area contributed by atoms with Crippen molar-refractivity contribution in [1.29, 1.82) is 0 Å². The minimum absolute atomic E-state index is 0.450. The van der Waals surface area contributed by atoms with Gasteiger partial charge < -0.3 is 10.2 Å². The van der Waals surface area contributed by atoms with Gasteiger partial charge in [0.25, 0.3) is 0 Å². The lowest BCUT2D eigenvalue weighted by molar-refractivity contribution is 0.190. The third-order valence-corrected chi connectivity index (χ3v) is 5.01. The van der Waals surface area contributed by atoms with Gasteiger partial charge in [0.1, 0.15) is 0 Å². The molecule has 1 aromatic carbocycles. The molecule has 1 saturated heterocycles. The Morgan fingerprint density at radius 3 is 2.57 bits per heavy atom. The van der Waals surface area contributed by atoms with Crippen LogP contribution in [0.5, 0.6) is 0 Å². The Kier molecular flexibility index (Phi) is 6.25. The molecule has 1 N–H and O–H groups in total. The van der Waals surface area contributed by atoms with Gasteiger partial charge in [-0.15, -0.1) is 0 Å². The SMILES string of the molecule is Cc1ccc(C(C)NCCCN2CCC(C)CC2)cc1C. The number of benzene rings is 1. The molecule has 0 aliphatic carbocycles. The lowest BCUT2D eigenvalue weighted by atomic mass is 9.99. The van der Waals surface area contributed by atoms with Crippen molar-refractivity contribution in [3.63, 3.8) is 0 Å². The van der Waals surface area contributed by atoms with Gasteiger partial charge in [0.05, 0.1) is 0 Å². The molecular formula is C19H32N2. The van der Waals surface area contributed by atoms with Gasteiger partial charge in [-0.3, -0.25) is 0 Å². The van der Waals surface area contributed by atoms with Crippen LogP contribution in [-0.4, -0.2) is 31.1 Å². The minimum Gasteiger partial charge on any atom is -0.310 e. The number of likely N-dealkylation sites (tertiary alicyclic amines) is 1. The van der Waals surface area contributed by atoms with Gasteiger partial charge in [-0.25, -0.2) is 0 Å². The lowest BCUT2D eigenvalue weighted by Gasteiger charge is -2.30. The van der Waals surface area contributed by atoms with Crippen molar-refractivity contribution in [2.24, 2.45) is 5.92 Å². The zero-order valence-electron chi connectivity index (χ0n) is 14.3. The third-order valence-electron chi connectivity index (χ3n) is 5.01. The van der Waals surface area contributed by atoms with E-state index in [-0.39, 0.29) is 0 Å². The first-order valence-corrected chi connectivity index (χ1v) is 8.59. The van der Waals surface area contributed by atoms with Crippen LogP contribution in [0.3, 0.4) is 0 Å². The Bertz CT molecular complexity index is 433. The second-order valence-corrected chi connectivity index (χ2v) is 6.90. The summed E-state index contributed by atoms with van der Waals surface area (Å²) in [6.45, 7) is 14.0. The Hall–Kier alpha value is -0.860. The van der Waals surface area contributed by atoms with E-state index in [0.29, 0.717) is 6.04 Å². The van der Waals surface area contributed by atoms with E-state index >= 15 is 0 Å². The monoisotopic (exact) mass is 288 g/mol. The summed E-state index contributed by atoms with van der Waals surface area (Å²) in [4.78, 5) is 2.63. The molecule has 2 heteroatoms. The Morgan fingerprint density at radius 1 is 1.19 bits per heavy atom. The third kappa shape index (κ3) is 5.12. The van der Waals surface area contributed by atoms with Gasteiger partial charge in [0.15, 0.2) is 0 Å². The van der Waals surface area contributed by atoms with Crippen molar-refractivity contribution in [2.45, 2.75) is 53.0 Å². The summed E-state index contributed by atoms with van der Waals surface area (Å²) >= 11 is 0. The maximum atomic E-state index is 3.67. The number of nitrogens with zero attached hydrogens (tertiary/aromatic N) is 1. The molecular weight excluding hydrogens is 256 g/mol. The number of nitrogens with one attached hydrogen (secondary N) is 1. The Balaban J connectivity index is 1.67. The van der Waals surface area contributed by atoms with Crippen molar-refractivity contribution < 1.29 is 0 Å². The highest BCUT2D eigenvalue weighted by atomic mass is 15.1. The molecule has 118 valence electrons. The first kappa shape index (κ1) is 16.5. The summed E-state index contributed by atoms with van der Waals surface area (Å²) < 4.78 is 0. The quantitative estimate of drug-likeness (QED) is 0.794. The van der Waals surface area contributed by atoms with Crippen molar-refractivity contribution in [1.82, 2.24) is 10.2 Å². The van der Waals surface area contributed by atoms with Crippen molar-refractivity contribution >= 4 is 0 Å². The summed E-state index contributed by atoms with van der Waals surface area (Å²) in [5.74, 6) is 0.934. The number of rotatable bonds is 6. The first-order chi connectivity index (χ1) is 10.1. The molecule has 0 saturated carbocycles. The average Bonchev–Trinajstić information content (AvgIpc) is 2.48. The van der Waals surface area contributed by atoms with E-state index in [1.54, 1.807) is 0 Å². The maximum absolute atomic E-state index is 3.67. The first-order valence-electron chi connectivity index (χ1n) is 8.59. The van der Waals surface area contributed by atoms with Crippen LogP contribution in [-0.2, 0) is 0 Å². The standard InChI is InChI=1S/C19H32N2/c1-15-8-12-21(13-9-15)11-5-10-20-18(4)19-7-6-16(2)17(3)14-19/h6-7,14-15,18,20H,5,8-13H2,1-4H3. The molecule has 0 spiro atoms. The second-order valence-electron chi connectivity index (χ2n) is 6.90. The molecule has 1 unspecified atom stereocenters. The molecule has 0 amide bonds. The number of hydrogen-bond acceptors (Lipinski definition) is 2. The number of piperidine rings is 1. The largest absolute Gasteiger partial charge is 0.310 e. The van der Waals surface area contributed by atoms with Crippen LogP contribution in [0.15, 0.2) is 18.2 Å². The van der Waals surface area contributed by atoms with Crippen LogP contribution < -0.4 is 5.32 Å². The molecule has 0 radical (unpaired) electrons. The summed E-state index contributed by atoms with van der Waals surface area (Å²) in [5.41, 5.74) is 4.18. The highest BCUT2D eigenvalue weighted by Gasteiger charge is 2.14. The van der Waals surface area contributed by atoms with Gasteiger partial charge >= 0.3 is 0 Å². The van der Waals surface area contributed by atoms with Crippen molar-refractivity contribution in [3.8, 4) is 0 Å². The summed E-state index contributed by atoms with van der Waals surface area (Å²) in [7, 11) is 0. The van der Waals surface area contributed by atoms with Crippen molar-refractivity contribution in [3.05, 3.63) is 34.9 Å². The van der Waals surface area contributed by atoms with Crippen LogP contribution in [0.25, 0.3) is 0 Å². The van der Waals surface area contributed by atoms with Gasteiger partial charge in [-0.1, -0.05) is 25.1 Å². The normalized spacial score (nSPS) is 18.9. The fourth-order valence-electron chi connectivity index (χ4n) is 3.06. The zero-order chi connectivity index (χ0) is 15.2. The van der Waals surface area contributed by atoms with E-state index in [9.17, 15) is 0 Å². The molecule has 21 heavy (non-hydrogen) atoms. The van der Waals surface area contributed by atoms with Crippen LogP contribution in [0.4, 0.5) is 0 Å². The van der Waals surface area contributed by atoms with Crippen LogP contribution in [0.2, 0.25) is 0 Å². The summed E-state index contributed by atoms with van der Waals surface area (Å²) in [6, 6.07) is 7.26. The number of hydrogen-bond donors (Lipinski definition) is 1. The molecule has 2 rings (SSSR count). The highest BCUT2D eigenvalue weighted by Crippen LogP contribution is 2.17. The summed E-state index contributed by atoms with van der Waals surface area (Å²) in [5, 5.41) is 3.67. The molecule has 1 heterocycles. The van der Waals surface area contributed by atoms with E-state index < -0.39 is 0 Å². The molecule has 1 fully saturated rings. The van der Waals surface area contributed by atoms with E-state index in [4.69, 9.17) is 0 Å². The molecule has 0 aromatic heterocycles. The van der Waals surface area contributed by atoms with E-state index in [2.05, 4.69) is 56.1 Å². The van der Waals surface area contributed by atoms with Crippen LogP contribution in [0, 0.1) is 19.8 Å². The van der Waals surface area contributed by atoms with E-state index in [0.717, 1.165) is 12.5 Å². The van der Waals surface area contributed by atoms with Gasteiger partial charge in [-0.05, 0) is 88.8 Å². The molecule has 2 nitrogen and oxygen atoms in total. The number of aryl methyl sites for hydroxylation is 2. The predicted molar refractivity (Wildman–Crippen MR) is 91.8 cm³/mol. The highest BCUT2D eigenvalue weighted by molar-refractivity contribution is 5.31. The fourth-order valence-corrected chi connectivity index (χ4v) is 3.06. The summed E-state index contributed by atoms with van der Waals surface area (Å²) in [6.07, 6.45) is 4.02. The van der Waals surface area contributed by atoms with Crippen molar-refractivity contribution in [2.75, 3.05) is 26.2 Å². The Morgan fingerprint density at radius 2 is 1.90 bits per heavy atom. The molecule has 1 aliphatic rings. The molecule has 0 bridgehead atoms. The molecule has 1 aromatic rings. The van der Waals surface area contributed by atoms with E-state index in [1.807, 2.05) is 0 Å².